The average molecular weight is 231 g/mol. The van der Waals surface area contributed by atoms with Crippen LogP contribution in [-0.4, -0.2) is 41.6 Å². The Kier molecular flexibility index (Phi) is 5.91. The van der Waals surface area contributed by atoms with Crippen molar-refractivity contribution in [3.8, 4) is 0 Å². The highest BCUT2D eigenvalue weighted by Crippen LogP contribution is 1.81. The zero-order valence-corrected chi connectivity index (χ0v) is 9.53. The largest absolute Gasteiger partial charge is 0.480 e. The third kappa shape index (κ3) is 6.63. The zero-order chi connectivity index (χ0) is 12.7. The van der Waals surface area contributed by atoms with Crippen LogP contribution in [0.3, 0.4) is 0 Å². The minimum absolute atomic E-state index is 0.00435. The minimum Gasteiger partial charge on any atom is -0.480 e. The van der Waals surface area contributed by atoms with E-state index < -0.39 is 18.0 Å². The van der Waals surface area contributed by atoms with E-state index in [0.29, 0.717) is 0 Å². The second-order valence-corrected chi connectivity index (χ2v) is 3.61. The van der Waals surface area contributed by atoms with Crippen LogP contribution in [0.5, 0.6) is 0 Å². The molecule has 0 fully saturated rings. The molecule has 0 saturated heterocycles. The Morgan fingerprint density at radius 3 is 2.12 bits per heavy atom. The number of carboxylic acid groups (broad SMARTS) is 1. The van der Waals surface area contributed by atoms with Crippen molar-refractivity contribution in [2.45, 2.75) is 32.9 Å². The third-order valence-corrected chi connectivity index (χ3v) is 1.58. The monoisotopic (exact) mass is 231 g/mol. The minimum atomic E-state index is -1.14. The van der Waals surface area contributed by atoms with Crippen molar-refractivity contribution in [3.05, 3.63) is 0 Å². The first-order valence-electron chi connectivity index (χ1n) is 4.89. The fraction of sp³-hybridized carbons (Fsp3) is 0.667. The van der Waals surface area contributed by atoms with Gasteiger partial charge in [0.2, 0.25) is 5.91 Å². The van der Waals surface area contributed by atoms with Gasteiger partial charge in [0.1, 0.15) is 6.04 Å². The van der Waals surface area contributed by atoms with Gasteiger partial charge in [0.25, 0.3) is 0 Å². The van der Waals surface area contributed by atoms with Crippen molar-refractivity contribution in [3.63, 3.8) is 0 Å². The number of hydrogen-bond acceptors (Lipinski definition) is 3. The maximum Gasteiger partial charge on any atom is 0.325 e. The molecule has 7 nitrogen and oxygen atoms in total. The summed E-state index contributed by atoms with van der Waals surface area (Å²) in [5.74, 6) is -1.46. The predicted molar refractivity (Wildman–Crippen MR) is 56.9 cm³/mol. The topological polar surface area (TPSA) is 108 Å². The van der Waals surface area contributed by atoms with Gasteiger partial charge in [-0.2, -0.15) is 0 Å². The van der Waals surface area contributed by atoms with Crippen LogP contribution in [0.4, 0.5) is 4.79 Å². The van der Waals surface area contributed by atoms with E-state index in [0.717, 1.165) is 0 Å². The maximum atomic E-state index is 11.1. The quantitative estimate of drug-likeness (QED) is 0.501. The number of nitrogens with one attached hydrogen (secondary N) is 3. The molecule has 0 saturated carbocycles. The number of carbonyl (C=O) groups is 3. The number of hydrogen-bond donors (Lipinski definition) is 4. The fourth-order valence-corrected chi connectivity index (χ4v) is 0.843. The van der Waals surface area contributed by atoms with Crippen molar-refractivity contribution >= 4 is 17.9 Å². The first-order chi connectivity index (χ1) is 7.32. The molecule has 0 aromatic rings. The lowest BCUT2D eigenvalue weighted by atomic mass is 10.3. The first kappa shape index (κ1) is 14.2. The molecular formula is C9H17N3O4. The molecular weight excluding hydrogens is 214 g/mol. The van der Waals surface area contributed by atoms with Gasteiger partial charge in [-0.3, -0.25) is 9.59 Å². The normalized spacial score (nSPS) is 11.8. The third-order valence-electron chi connectivity index (χ3n) is 1.58. The van der Waals surface area contributed by atoms with Gasteiger partial charge in [-0.15, -0.1) is 0 Å². The van der Waals surface area contributed by atoms with Crippen LogP contribution in [0, 0.1) is 0 Å². The summed E-state index contributed by atoms with van der Waals surface area (Å²) >= 11 is 0. The molecule has 0 aromatic heterocycles. The van der Waals surface area contributed by atoms with Gasteiger partial charge in [-0.05, 0) is 20.8 Å². The molecule has 0 spiro atoms. The molecule has 4 N–H and O–H groups in total. The van der Waals surface area contributed by atoms with E-state index in [1.807, 2.05) is 0 Å². The summed E-state index contributed by atoms with van der Waals surface area (Å²) in [6.45, 7) is 4.74. The summed E-state index contributed by atoms with van der Waals surface area (Å²) in [7, 11) is 0. The Balaban J connectivity index is 3.81. The van der Waals surface area contributed by atoms with Gasteiger partial charge in [-0.1, -0.05) is 0 Å². The van der Waals surface area contributed by atoms with Gasteiger partial charge in [-0.25, -0.2) is 4.79 Å². The number of rotatable bonds is 5. The Morgan fingerprint density at radius 2 is 1.69 bits per heavy atom. The van der Waals surface area contributed by atoms with Crippen molar-refractivity contribution in [1.82, 2.24) is 16.0 Å². The fourth-order valence-electron chi connectivity index (χ4n) is 0.843. The zero-order valence-electron chi connectivity index (χ0n) is 9.53. The summed E-state index contributed by atoms with van der Waals surface area (Å²) in [6.07, 6.45) is 0. The lowest BCUT2D eigenvalue weighted by molar-refractivity contribution is -0.138. The van der Waals surface area contributed by atoms with E-state index in [4.69, 9.17) is 5.11 Å². The Hall–Kier alpha value is -1.79. The molecule has 0 aliphatic heterocycles. The van der Waals surface area contributed by atoms with E-state index in [1.165, 1.54) is 6.92 Å². The highest BCUT2D eigenvalue weighted by molar-refractivity contribution is 5.86. The molecule has 0 radical (unpaired) electrons. The highest BCUT2D eigenvalue weighted by Gasteiger charge is 2.14. The standard InChI is InChI=1S/C9H17N3O4/c1-5(2)11-7(13)4-10-9(16)12-6(3)8(14)15/h5-6H,4H2,1-3H3,(H,11,13)(H,14,15)(H2,10,12,16)/t6-/m0/s1. The number of aliphatic carboxylic acids is 1. The van der Waals surface area contributed by atoms with E-state index in [1.54, 1.807) is 13.8 Å². The summed E-state index contributed by atoms with van der Waals surface area (Å²) in [6, 6.07) is -1.68. The second kappa shape index (κ2) is 6.65. The SMILES string of the molecule is CC(C)NC(=O)CNC(=O)N[C@@H](C)C(=O)O. The van der Waals surface area contributed by atoms with E-state index >= 15 is 0 Å². The molecule has 1 atom stereocenters. The van der Waals surface area contributed by atoms with Crippen LogP contribution in [-0.2, 0) is 9.59 Å². The summed E-state index contributed by atoms with van der Waals surface area (Å²) in [4.78, 5) is 32.6. The second-order valence-electron chi connectivity index (χ2n) is 3.61. The number of amides is 3. The van der Waals surface area contributed by atoms with Crippen molar-refractivity contribution in [2.24, 2.45) is 0 Å². The summed E-state index contributed by atoms with van der Waals surface area (Å²) < 4.78 is 0. The number of carbonyl (C=O) groups excluding carboxylic acids is 2. The molecule has 0 heterocycles. The maximum absolute atomic E-state index is 11.1. The molecule has 0 unspecified atom stereocenters. The van der Waals surface area contributed by atoms with Crippen LogP contribution < -0.4 is 16.0 Å². The van der Waals surface area contributed by atoms with E-state index in [-0.39, 0.29) is 18.5 Å². The Bertz CT molecular complexity index is 278. The van der Waals surface area contributed by atoms with Crippen LogP contribution in [0.2, 0.25) is 0 Å². The van der Waals surface area contributed by atoms with E-state index in [9.17, 15) is 14.4 Å². The molecule has 0 aliphatic rings. The van der Waals surface area contributed by atoms with Crippen LogP contribution in [0.15, 0.2) is 0 Å². The van der Waals surface area contributed by atoms with Crippen molar-refractivity contribution in [2.75, 3.05) is 6.54 Å². The van der Waals surface area contributed by atoms with E-state index in [2.05, 4.69) is 16.0 Å². The molecule has 16 heavy (non-hydrogen) atoms. The van der Waals surface area contributed by atoms with Gasteiger partial charge in [0.15, 0.2) is 0 Å². The van der Waals surface area contributed by atoms with Crippen molar-refractivity contribution < 1.29 is 19.5 Å². The van der Waals surface area contributed by atoms with Gasteiger partial charge >= 0.3 is 12.0 Å². The predicted octanol–water partition coefficient (Wildman–Crippen LogP) is -0.717. The van der Waals surface area contributed by atoms with Gasteiger partial charge < -0.3 is 21.1 Å². The number of urea groups is 1. The Labute approximate surface area is 93.6 Å². The molecule has 0 aromatic carbocycles. The van der Waals surface area contributed by atoms with Crippen molar-refractivity contribution in [1.29, 1.82) is 0 Å². The molecule has 0 aliphatic carbocycles. The molecule has 3 amide bonds. The molecule has 0 bridgehead atoms. The van der Waals surface area contributed by atoms with Crippen LogP contribution >= 0.6 is 0 Å². The van der Waals surface area contributed by atoms with Crippen LogP contribution in [0.25, 0.3) is 0 Å². The Morgan fingerprint density at radius 1 is 1.12 bits per heavy atom. The lowest BCUT2D eigenvalue weighted by Gasteiger charge is -2.11. The average Bonchev–Trinajstić information content (AvgIpc) is 2.13. The van der Waals surface area contributed by atoms with Gasteiger partial charge in [0, 0.05) is 6.04 Å². The smallest absolute Gasteiger partial charge is 0.325 e. The molecule has 92 valence electrons. The number of carboxylic acids is 1. The first-order valence-corrected chi connectivity index (χ1v) is 4.89. The summed E-state index contributed by atoms with van der Waals surface area (Å²) in [5, 5.41) is 15.5. The summed E-state index contributed by atoms with van der Waals surface area (Å²) in [5.41, 5.74) is 0. The van der Waals surface area contributed by atoms with Gasteiger partial charge in [0.05, 0.1) is 6.54 Å². The molecule has 7 heteroatoms. The highest BCUT2D eigenvalue weighted by atomic mass is 16.4. The lowest BCUT2D eigenvalue weighted by Crippen LogP contribution is -2.47. The van der Waals surface area contributed by atoms with Crippen LogP contribution in [0.1, 0.15) is 20.8 Å². The molecule has 0 rings (SSSR count).